The van der Waals surface area contributed by atoms with Gasteiger partial charge in [0.15, 0.2) is 0 Å². The van der Waals surface area contributed by atoms with Crippen molar-refractivity contribution < 1.29 is 9.72 Å². The lowest BCUT2D eigenvalue weighted by molar-refractivity contribution is -0.384. The molecule has 0 aliphatic heterocycles. The molecule has 76 valence electrons. The Morgan fingerprint density at radius 3 is 2.87 bits per heavy atom. The van der Waals surface area contributed by atoms with Gasteiger partial charge < -0.3 is 0 Å². The van der Waals surface area contributed by atoms with Crippen molar-refractivity contribution in [3.05, 3.63) is 49.9 Å². The summed E-state index contributed by atoms with van der Waals surface area (Å²) < 4.78 is 0. The zero-order valence-electron chi connectivity index (χ0n) is 7.53. The third kappa shape index (κ3) is 2.52. The molecule has 1 aromatic rings. The van der Waals surface area contributed by atoms with E-state index in [9.17, 15) is 14.9 Å². The molecule has 1 rings (SSSR count). The fraction of sp³-hybridized carbons (Fsp3) is 0.125. The van der Waals surface area contributed by atoms with Crippen LogP contribution in [0.2, 0.25) is 0 Å². The molecule has 0 saturated heterocycles. The summed E-state index contributed by atoms with van der Waals surface area (Å²) in [5.41, 5.74) is 8.60. The number of carbonyl (C=O) groups excluding carboxylic acids is 1. The van der Waals surface area contributed by atoms with E-state index in [0.29, 0.717) is 11.8 Å². The summed E-state index contributed by atoms with van der Waals surface area (Å²) in [4.78, 5) is 23.0. The maximum atomic E-state index is 10.6. The minimum atomic E-state index is -0.575. The van der Waals surface area contributed by atoms with Gasteiger partial charge in [0.2, 0.25) is 0 Å². The lowest BCUT2D eigenvalue weighted by Gasteiger charge is -1.99. The second-order valence-corrected chi connectivity index (χ2v) is 2.65. The van der Waals surface area contributed by atoms with E-state index in [2.05, 4.69) is 10.0 Å². The summed E-state index contributed by atoms with van der Waals surface area (Å²) in [7, 11) is 0. The van der Waals surface area contributed by atoms with Crippen LogP contribution in [-0.2, 0) is 6.54 Å². The van der Waals surface area contributed by atoms with Crippen LogP contribution in [0.4, 0.5) is 5.69 Å². The number of benzene rings is 1. The first kappa shape index (κ1) is 10.7. The summed E-state index contributed by atoms with van der Waals surface area (Å²) >= 11 is 0. The highest BCUT2D eigenvalue weighted by Crippen LogP contribution is 2.17. The molecule has 0 spiro atoms. The van der Waals surface area contributed by atoms with Crippen molar-refractivity contribution >= 4 is 12.0 Å². The fourth-order valence-electron chi connectivity index (χ4n) is 1.07. The van der Waals surface area contributed by atoms with E-state index >= 15 is 0 Å². The Bertz CT molecular complexity index is 451. The third-order valence-electron chi connectivity index (χ3n) is 1.77. The van der Waals surface area contributed by atoms with Gasteiger partial charge in [-0.1, -0.05) is 5.11 Å². The number of nitro groups is 1. The quantitative estimate of drug-likeness (QED) is 0.188. The van der Waals surface area contributed by atoms with Gasteiger partial charge in [-0.05, 0) is 17.2 Å². The van der Waals surface area contributed by atoms with Gasteiger partial charge >= 0.3 is 0 Å². The molecule has 0 bridgehead atoms. The fourth-order valence-corrected chi connectivity index (χ4v) is 1.07. The van der Waals surface area contributed by atoms with Crippen LogP contribution in [0.1, 0.15) is 15.9 Å². The molecule has 7 nitrogen and oxygen atoms in total. The van der Waals surface area contributed by atoms with Crippen molar-refractivity contribution in [1.29, 1.82) is 0 Å². The molecule has 0 N–H and O–H groups in total. The van der Waals surface area contributed by atoms with Crippen LogP contribution in [0, 0.1) is 10.1 Å². The molecule has 0 radical (unpaired) electrons. The number of azide groups is 1. The summed E-state index contributed by atoms with van der Waals surface area (Å²) in [6, 6.07) is 3.77. The Morgan fingerprint density at radius 2 is 2.33 bits per heavy atom. The molecule has 0 amide bonds. The topological polar surface area (TPSA) is 109 Å². The maximum absolute atomic E-state index is 10.6. The second kappa shape index (κ2) is 4.73. The normalized spacial score (nSPS) is 9.07. The number of carbonyl (C=O) groups is 1. The van der Waals surface area contributed by atoms with Gasteiger partial charge in [-0.3, -0.25) is 14.9 Å². The minimum Gasteiger partial charge on any atom is -0.298 e. The largest absolute Gasteiger partial charge is 0.298 e. The van der Waals surface area contributed by atoms with E-state index in [1.807, 2.05) is 0 Å². The van der Waals surface area contributed by atoms with Gasteiger partial charge in [-0.2, -0.15) is 0 Å². The van der Waals surface area contributed by atoms with E-state index in [-0.39, 0.29) is 17.8 Å². The zero-order valence-corrected chi connectivity index (χ0v) is 7.53. The molecular weight excluding hydrogens is 200 g/mol. The molecule has 1 aromatic carbocycles. The molecule has 7 heteroatoms. The first-order valence-corrected chi connectivity index (χ1v) is 3.92. The summed E-state index contributed by atoms with van der Waals surface area (Å²) in [6.45, 7) is -0.0771. The van der Waals surface area contributed by atoms with Crippen LogP contribution in [0.3, 0.4) is 0 Å². The highest BCUT2D eigenvalue weighted by atomic mass is 16.6. The van der Waals surface area contributed by atoms with Crippen molar-refractivity contribution in [2.24, 2.45) is 5.11 Å². The van der Waals surface area contributed by atoms with Crippen molar-refractivity contribution in [3.8, 4) is 0 Å². The second-order valence-electron chi connectivity index (χ2n) is 2.65. The van der Waals surface area contributed by atoms with Gasteiger partial charge in [-0.15, -0.1) is 0 Å². The van der Waals surface area contributed by atoms with Gasteiger partial charge in [0.1, 0.15) is 6.29 Å². The van der Waals surface area contributed by atoms with Gasteiger partial charge in [0.05, 0.1) is 11.5 Å². The van der Waals surface area contributed by atoms with Crippen LogP contribution < -0.4 is 0 Å². The predicted octanol–water partition coefficient (Wildman–Crippen LogP) is 2.22. The lowest BCUT2D eigenvalue weighted by atomic mass is 10.1. The van der Waals surface area contributed by atoms with E-state index in [4.69, 9.17) is 5.53 Å². The number of nitrogens with zero attached hydrogens (tertiary/aromatic N) is 4. The highest BCUT2D eigenvalue weighted by molar-refractivity contribution is 5.78. The number of nitro benzene ring substituents is 1. The van der Waals surface area contributed by atoms with Crippen LogP contribution >= 0.6 is 0 Å². The number of rotatable bonds is 4. The maximum Gasteiger partial charge on any atom is 0.269 e. The highest BCUT2D eigenvalue weighted by Gasteiger charge is 2.09. The number of aldehydes is 1. The molecule has 0 aliphatic rings. The first-order valence-electron chi connectivity index (χ1n) is 3.92. The molecule has 0 atom stereocenters. The summed E-state index contributed by atoms with van der Waals surface area (Å²) in [5.74, 6) is 0. The monoisotopic (exact) mass is 206 g/mol. The third-order valence-corrected chi connectivity index (χ3v) is 1.77. The smallest absolute Gasteiger partial charge is 0.269 e. The zero-order chi connectivity index (χ0) is 11.3. The van der Waals surface area contributed by atoms with Crippen molar-refractivity contribution in [3.63, 3.8) is 0 Å². The molecule has 0 aromatic heterocycles. The SMILES string of the molecule is [N-]=[N+]=NCc1cc([N+](=O)[O-])ccc1C=O. The minimum absolute atomic E-state index is 0.0771. The summed E-state index contributed by atoms with van der Waals surface area (Å²) in [6.07, 6.45) is 0.561. The van der Waals surface area contributed by atoms with E-state index in [1.54, 1.807) is 0 Å². The van der Waals surface area contributed by atoms with Gasteiger partial charge in [0, 0.05) is 22.6 Å². The van der Waals surface area contributed by atoms with Crippen LogP contribution in [-0.4, -0.2) is 11.2 Å². The number of hydrogen-bond donors (Lipinski definition) is 0. The van der Waals surface area contributed by atoms with Crippen LogP contribution in [0.15, 0.2) is 23.3 Å². The Balaban J connectivity index is 3.17. The standard InChI is InChI=1S/C8H6N4O3/c9-11-10-4-7-3-8(12(14)15)2-1-6(7)5-13/h1-3,5H,4H2. The molecule has 15 heavy (non-hydrogen) atoms. The number of hydrogen-bond acceptors (Lipinski definition) is 4. The Hall–Kier alpha value is -2.40. The van der Waals surface area contributed by atoms with Crippen LogP contribution in [0.5, 0.6) is 0 Å². The first-order chi connectivity index (χ1) is 7.19. The average Bonchev–Trinajstić information content (AvgIpc) is 2.25. The molecule has 0 aliphatic carbocycles. The summed E-state index contributed by atoms with van der Waals surface area (Å²) in [5, 5.41) is 13.7. The van der Waals surface area contributed by atoms with Crippen LogP contribution in [0.25, 0.3) is 10.4 Å². The Labute approximate surface area is 84.1 Å². The lowest BCUT2D eigenvalue weighted by Crippen LogP contribution is -1.94. The number of non-ortho nitro benzene ring substituents is 1. The van der Waals surface area contributed by atoms with Crippen molar-refractivity contribution in [1.82, 2.24) is 0 Å². The molecular formula is C8H6N4O3. The predicted molar refractivity (Wildman–Crippen MR) is 51.3 cm³/mol. The molecule has 0 fully saturated rings. The van der Waals surface area contributed by atoms with Gasteiger partial charge in [-0.25, -0.2) is 0 Å². The van der Waals surface area contributed by atoms with E-state index in [1.165, 1.54) is 18.2 Å². The molecule has 0 heterocycles. The average molecular weight is 206 g/mol. The van der Waals surface area contributed by atoms with E-state index < -0.39 is 4.92 Å². The van der Waals surface area contributed by atoms with Gasteiger partial charge in [0.25, 0.3) is 5.69 Å². The molecule has 0 unspecified atom stereocenters. The van der Waals surface area contributed by atoms with E-state index in [0.717, 1.165) is 0 Å². The molecule has 0 saturated carbocycles. The Morgan fingerprint density at radius 1 is 1.60 bits per heavy atom. The Kier molecular flexibility index (Phi) is 3.37. The van der Waals surface area contributed by atoms with Crippen molar-refractivity contribution in [2.75, 3.05) is 0 Å². The van der Waals surface area contributed by atoms with Crippen molar-refractivity contribution in [2.45, 2.75) is 6.54 Å².